The van der Waals surface area contributed by atoms with Gasteiger partial charge in [-0.2, -0.15) is 0 Å². The molecule has 2 aliphatic rings. The zero-order chi connectivity index (χ0) is 25.5. The Labute approximate surface area is 210 Å². The zero-order valence-corrected chi connectivity index (χ0v) is 19.9. The van der Waals surface area contributed by atoms with Gasteiger partial charge in [0.1, 0.15) is 11.4 Å². The number of nitrogens with one attached hydrogen (secondary N) is 1. The van der Waals surface area contributed by atoms with Crippen LogP contribution in [0.15, 0.2) is 57.9 Å². The van der Waals surface area contributed by atoms with Gasteiger partial charge in [0.25, 0.3) is 0 Å². The minimum atomic E-state index is -1.30. The van der Waals surface area contributed by atoms with E-state index >= 15 is 4.39 Å². The SMILES string of the molecule is O=C(O)c1cn(C2CC2)c2cc(N3CCN(Cc4nnc(Nc5ccccc5)o4)CC3)c(F)cc2c1=O. The molecule has 0 amide bonds. The maximum Gasteiger partial charge on any atom is 0.341 e. The van der Waals surface area contributed by atoms with Gasteiger partial charge in [0, 0.05) is 49.5 Å². The molecule has 0 radical (unpaired) electrons. The van der Waals surface area contributed by atoms with Crippen LogP contribution in [0, 0.1) is 5.82 Å². The minimum absolute atomic E-state index is 0.1000. The van der Waals surface area contributed by atoms with Crippen molar-refractivity contribution in [1.29, 1.82) is 0 Å². The number of carboxylic acids is 1. The van der Waals surface area contributed by atoms with E-state index in [0.29, 0.717) is 55.8 Å². The summed E-state index contributed by atoms with van der Waals surface area (Å²) in [6.07, 6.45) is 3.21. The van der Waals surface area contributed by atoms with Crippen LogP contribution in [0.1, 0.15) is 35.1 Å². The molecule has 10 nitrogen and oxygen atoms in total. The fourth-order valence-corrected chi connectivity index (χ4v) is 4.76. The molecule has 2 N–H and O–H groups in total. The standard InChI is InChI=1S/C26H25FN6O4/c27-20-12-18-21(33(17-6-7-17)14-19(24(18)34)25(35)36)13-22(20)32-10-8-31(9-11-32)15-23-29-30-26(37-23)28-16-4-2-1-3-5-16/h1-5,12-14,17H,6-11,15H2,(H,28,30)(H,35,36). The first-order valence-corrected chi connectivity index (χ1v) is 12.2. The topological polar surface area (TPSA) is 117 Å². The summed E-state index contributed by atoms with van der Waals surface area (Å²) in [5.41, 5.74) is 0.852. The Hall–Kier alpha value is -4.25. The Morgan fingerprint density at radius 1 is 1.11 bits per heavy atom. The number of benzene rings is 2. The summed E-state index contributed by atoms with van der Waals surface area (Å²) in [4.78, 5) is 28.4. The number of aromatic carboxylic acids is 1. The average Bonchev–Trinajstić information content (AvgIpc) is 3.65. The predicted octanol–water partition coefficient (Wildman–Crippen LogP) is 3.62. The van der Waals surface area contributed by atoms with Crippen molar-refractivity contribution in [2.75, 3.05) is 36.4 Å². The van der Waals surface area contributed by atoms with Gasteiger partial charge >= 0.3 is 12.0 Å². The lowest BCUT2D eigenvalue weighted by Gasteiger charge is -2.35. The van der Waals surface area contributed by atoms with Crippen molar-refractivity contribution in [3.63, 3.8) is 0 Å². The average molecular weight is 505 g/mol. The van der Waals surface area contributed by atoms with E-state index in [4.69, 9.17) is 4.42 Å². The largest absolute Gasteiger partial charge is 0.477 e. The number of aromatic nitrogens is 3. The summed E-state index contributed by atoms with van der Waals surface area (Å²) in [5, 5.41) is 20.8. The minimum Gasteiger partial charge on any atom is -0.477 e. The molecule has 0 unspecified atom stereocenters. The number of hydrogen-bond acceptors (Lipinski definition) is 8. The van der Waals surface area contributed by atoms with Crippen molar-refractivity contribution in [2.45, 2.75) is 25.4 Å². The molecule has 4 aromatic rings. The van der Waals surface area contributed by atoms with Crippen molar-refractivity contribution in [1.82, 2.24) is 19.7 Å². The van der Waals surface area contributed by atoms with E-state index in [-0.39, 0.29) is 17.0 Å². The Morgan fingerprint density at radius 3 is 2.57 bits per heavy atom. The molecule has 1 aliphatic carbocycles. The number of rotatable bonds is 7. The van der Waals surface area contributed by atoms with Crippen LogP contribution in [-0.4, -0.2) is 56.9 Å². The lowest BCUT2D eigenvalue weighted by molar-refractivity contribution is 0.0695. The monoisotopic (exact) mass is 504 g/mol. The molecular formula is C26H25FN6O4. The summed E-state index contributed by atoms with van der Waals surface area (Å²) in [6, 6.07) is 12.9. The smallest absolute Gasteiger partial charge is 0.341 e. The summed E-state index contributed by atoms with van der Waals surface area (Å²) in [5.74, 6) is -1.34. The number of pyridine rings is 1. The molecule has 1 saturated carbocycles. The number of halogens is 1. The lowest BCUT2D eigenvalue weighted by Crippen LogP contribution is -2.46. The van der Waals surface area contributed by atoms with Gasteiger partial charge < -0.3 is 24.3 Å². The summed E-state index contributed by atoms with van der Waals surface area (Å²) >= 11 is 0. The van der Waals surface area contributed by atoms with Crippen LogP contribution >= 0.6 is 0 Å². The normalized spacial score (nSPS) is 16.3. The van der Waals surface area contributed by atoms with Crippen LogP contribution in [0.25, 0.3) is 10.9 Å². The van der Waals surface area contributed by atoms with E-state index in [9.17, 15) is 14.7 Å². The van der Waals surface area contributed by atoms with Crippen LogP contribution in [0.3, 0.4) is 0 Å². The number of para-hydroxylation sites is 1. The molecule has 3 heterocycles. The fraction of sp³-hybridized carbons (Fsp3) is 0.308. The lowest BCUT2D eigenvalue weighted by atomic mass is 10.1. The quantitative estimate of drug-likeness (QED) is 0.389. The maximum atomic E-state index is 15.2. The van der Waals surface area contributed by atoms with E-state index in [1.807, 2.05) is 39.8 Å². The third-order valence-electron chi connectivity index (χ3n) is 6.84. The highest BCUT2D eigenvalue weighted by molar-refractivity contribution is 5.93. The second kappa shape index (κ2) is 9.32. The highest BCUT2D eigenvalue weighted by atomic mass is 19.1. The molecule has 1 saturated heterocycles. The van der Waals surface area contributed by atoms with Gasteiger partial charge in [-0.1, -0.05) is 23.3 Å². The van der Waals surface area contributed by atoms with Crippen molar-refractivity contribution >= 4 is 34.3 Å². The zero-order valence-electron chi connectivity index (χ0n) is 19.9. The van der Waals surface area contributed by atoms with Gasteiger partial charge in [-0.25, -0.2) is 9.18 Å². The van der Waals surface area contributed by atoms with Gasteiger partial charge in [-0.3, -0.25) is 9.69 Å². The number of fused-ring (bicyclic) bond motifs is 1. The molecule has 2 aromatic heterocycles. The number of nitrogens with zero attached hydrogens (tertiary/aromatic N) is 5. The Kier molecular flexibility index (Phi) is 5.84. The first kappa shape index (κ1) is 23.2. The van der Waals surface area contributed by atoms with Crippen LogP contribution < -0.4 is 15.6 Å². The van der Waals surface area contributed by atoms with Crippen molar-refractivity contribution < 1.29 is 18.7 Å². The molecule has 0 spiro atoms. The van der Waals surface area contributed by atoms with Crippen molar-refractivity contribution in [3.05, 3.63) is 76.2 Å². The molecule has 2 fully saturated rings. The van der Waals surface area contributed by atoms with Crippen LogP contribution in [0.2, 0.25) is 0 Å². The third kappa shape index (κ3) is 4.65. The Bertz CT molecular complexity index is 1520. The molecule has 37 heavy (non-hydrogen) atoms. The molecule has 2 aromatic carbocycles. The maximum absolute atomic E-state index is 15.2. The summed E-state index contributed by atoms with van der Waals surface area (Å²) < 4.78 is 22.7. The molecule has 11 heteroatoms. The molecule has 1 aliphatic heterocycles. The second-order valence-corrected chi connectivity index (χ2v) is 9.39. The Balaban J connectivity index is 1.17. The number of hydrogen-bond donors (Lipinski definition) is 2. The first-order valence-electron chi connectivity index (χ1n) is 12.2. The summed E-state index contributed by atoms with van der Waals surface area (Å²) in [7, 11) is 0. The van der Waals surface area contributed by atoms with E-state index in [1.54, 1.807) is 6.07 Å². The fourth-order valence-electron chi connectivity index (χ4n) is 4.76. The highest BCUT2D eigenvalue weighted by Gasteiger charge is 2.28. The van der Waals surface area contributed by atoms with Crippen molar-refractivity contribution in [3.8, 4) is 0 Å². The van der Waals surface area contributed by atoms with Crippen LogP contribution in [0.5, 0.6) is 0 Å². The second-order valence-electron chi connectivity index (χ2n) is 9.39. The number of carboxylic acid groups (broad SMARTS) is 1. The number of piperazine rings is 1. The van der Waals surface area contributed by atoms with Gasteiger partial charge in [-0.15, -0.1) is 5.10 Å². The van der Waals surface area contributed by atoms with E-state index in [1.165, 1.54) is 12.3 Å². The van der Waals surface area contributed by atoms with E-state index in [0.717, 1.165) is 18.5 Å². The van der Waals surface area contributed by atoms with Gasteiger partial charge in [0.2, 0.25) is 11.3 Å². The highest BCUT2D eigenvalue weighted by Crippen LogP contribution is 2.38. The van der Waals surface area contributed by atoms with Crippen molar-refractivity contribution in [2.24, 2.45) is 0 Å². The van der Waals surface area contributed by atoms with E-state index in [2.05, 4.69) is 20.4 Å². The van der Waals surface area contributed by atoms with Gasteiger partial charge in [-0.05, 0) is 37.1 Å². The summed E-state index contributed by atoms with van der Waals surface area (Å²) in [6.45, 7) is 2.96. The number of carbonyl (C=O) groups is 1. The molecule has 190 valence electrons. The van der Waals surface area contributed by atoms with Crippen LogP contribution in [-0.2, 0) is 6.54 Å². The number of anilines is 3. The molecular weight excluding hydrogens is 479 g/mol. The van der Waals surface area contributed by atoms with Crippen LogP contribution in [0.4, 0.5) is 21.8 Å². The first-order chi connectivity index (χ1) is 18.0. The molecule has 0 bridgehead atoms. The van der Waals surface area contributed by atoms with Gasteiger partial charge in [0.05, 0.1) is 17.7 Å². The molecule has 6 rings (SSSR count). The third-order valence-corrected chi connectivity index (χ3v) is 6.84. The molecule has 0 atom stereocenters. The van der Waals surface area contributed by atoms with E-state index < -0.39 is 17.2 Å². The van der Waals surface area contributed by atoms with Gasteiger partial charge in [0.15, 0.2) is 0 Å². The predicted molar refractivity (Wildman–Crippen MR) is 135 cm³/mol. The Morgan fingerprint density at radius 2 is 1.86 bits per heavy atom.